The first-order chi connectivity index (χ1) is 14.7. The van der Waals surface area contributed by atoms with E-state index in [4.69, 9.17) is 21.7 Å². The highest BCUT2D eigenvalue weighted by molar-refractivity contribution is 6.31. The number of benzene rings is 2. The molecule has 1 saturated carbocycles. The summed E-state index contributed by atoms with van der Waals surface area (Å²) in [6.07, 6.45) is 6.84. The topological polar surface area (TPSA) is 75.0 Å². The van der Waals surface area contributed by atoms with Crippen molar-refractivity contribution in [3.05, 3.63) is 93.8 Å². The molecule has 30 heavy (non-hydrogen) atoms. The number of nitriles is 1. The number of hydroxylamine groups is 1. The molecule has 1 heterocycles. The second-order valence-electron chi connectivity index (χ2n) is 7.29. The number of halogens is 1. The van der Waals surface area contributed by atoms with Gasteiger partial charge in [0.2, 0.25) is 0 Å². The Kier molecular flexibility index (Phi) is 5.97. The average molecular weight is 418 g/mol. The molecule has 150 valence electrons. The van der Waals surface area contributed by atoms with Crippen LogP contribution in [0.1, 0.15) is 51.4 Å². The van der Waals surface area contributed by atoms with Crippen molar-refractivity contribution in [3.63, 3.8) is 0 Å². The molecule has 6 heteroatoms. The van der Waals surface area contributed by atoms with Crippen molar-refractivity contribution in [1.82, 2.24) is 10.5 Å². The van der Waals surface area contributed by atoms with Crippen molar-refractivity contribution < 1.29 is 9.63 Å². The first-order valence-electron chi connectivity index (χ1n) is 9.83. The summed E-state index contributed by atoms with van der Waals surface area (Å²) < 4.78 is 0. The molecule has 1 fully saturated rings. The third-order valence-corrected chi connectivity index (χ3v) is 5.52. The van der Waals surface area contributed by atoms with Crippen molar-refractivity contribution >= 4 is 17.5 Å². The van der Waals surface area contributed by atoms with Gasteiger partial charge < -0.3 is 4.84 Å². The molecule has 4 rings (SSSR count). The monoisotopic (exact) mass is 417 g/mol. The molecule has 1 aromatic heterocycles. The van der Waals surface area contributed by atoms with Crippen LogP contribution in [0.15, 0.2) is 60.9 Å². The number of carbonyl (C=O) groups excluding carboxylic acids is 1. The summed E-state index contributed by atoms with van der Waals surface area (Å²) in [5, 5.41) is 9.71. The summed E-state index contributed by atoms with van der Waals surface area (Å²) in [4.78, 5) is 22.0. The van der Waals surface area contributed by atoms with Crippen molar-refractivity contribution in [2.24, 2.45) is 0 Å². The zero-order valence-electron chi connectivity index (χ0n) is 16.3. The predicted octanol–water partition coefficient (Wildman–Crippen LogP) is 4.99. The summed E-state index contributed by atoms with van der Waals surface area (Å²) in [7, 11) is 0. The molecule has 1 N–H and O–H groups in total. The summed E-state index contributed by atoms with van der Waals surface area (Å²) in [6, 6.07) is 16.6. The number of hydrogen-bond acceptors (Lipinski definition) is 4. The van der Waals surface area contributed by atoms with Crippen LogP contribution in [-0.2, 0) is 12.8 Å². The minimum Gasteiger partial charge on any atom is -0.379 e. The van der Waals surface area contributed by atoms with Crippen LogP contribution < -0.4 is 10.3 Å². The fraction of sp³-hybridized carbons (Fsp3) is 0.208. The number of carbonyl (C=O) groups is 1. The lowest BCUT2D eigenvalue weighted by molar-refractivity contribution is 0.0758. The van der Waals surface area contributed by atoms with Crippen molar-refractivity contribution in [1.29, 1.82) is 5.26 Å². The molecule has 0 spiro atoms. The number of nitrogens with one attached hydrogen (secondary N) is 1. The van der Waals surface area contributed by atoms with Gasteiger partial charge in [0, 0.05) is 28.5 Å². The molecule has 0 atom stereocenters. The van der Waals surface area contributed by atoms with Crippen LogP contribution in [0.5, 0.6) is 5.75 Å². The van der Waals surface area contributed by atoms with E-state index in [1.54, 1.807) is 30.6 Å². The molecule has 3 aromatic rings. The highest BCUT2D eigenvalue weighted by atomic mass is 35.5. The third-order valence-electron chi connectivity index (χ3n) is 5.19. The Morgan fingerprint density at radius 3 is 2.50 bits per heavy atom. The molecule has 1 aliphatic rings. The molecule has 0 unspecified atom stereocenters. The Morgan fingerprint density at radius 2 is 1.83 bits per heavy atom. The van der Waals surface area contributed by atoms with Gasteiger partial charge in [-0.05, 0) is 79.1 Å². The van der Waals surface area contributed by atoms with Gasteiger partial charge in [-0.3, -0.25) is 9.78 Å². The van der Waals surface area contributed by atoms with Crippen LogP contribution in [0, 0.1) is 11.3 Å². The fourth-order valence-electron chi connectivity index (χ4n) is 3.46. The Bertz CT molecular complexity index is 1090. The smallest absolute Gasteiger partial charge is 0.284 e. The molecule has 0 bridgehead atoms. The molecular weight excluding hydrogens is 398 g/mol. The van der Waals surface area contributed by atoms with Gasteiger partial charge in [-0.25, -0.2) is 0 Å². The number of hydrogen-bond donors (Lipinski definition) is 1. The van der Waals surface area contributed by atoms with Crippen molar-refractivity contribution in [2.45, 2.75) is 31.6 Å². The molecular formula is C24H20ClN3O2. The number of aromatic nitrogens is 1. The zero-order valence-corrected chi connectivity index (χ0v) is 17.0. The summed E-state index contributed by atoms with van der Waals surface area (Å²) in [6.45, 7) is 0. The first kappa shape index (κ1) is 19.9. The Morgan fingerprint density at radius 1 is 1.10 bits per heavy atom. The van der Waals surface area contributed by atoms with E-state index in [2.05, 4.69) is 16.5 Å². The third kappa shape index (κ3) is 4.61. The second-order valence-corrected chi connectivity index (χ2v) is 7.70. The van der Waals surface area contributed by atoms with E-state index in [1.807, 2.05) is 30.3 Å². The van der Waals surface area contributed by atoms with Crippen LogP contribution in [0.3, 0.4) is 0 Å². The lowest BCUT2D eigenvalue weighted by atomic mass is 9.96. The van der Waals surface area contributed by atoms with Crippen molar-refractivity contribution in [2.75, 3.05) is 0 Å². The van der Waals surface area contributed by atoms with Crippen LogP contribution in [0.2, 0.25) is 5.02 Å². The van der Waals surface area contributed by atoms with Crippen molar-refractivity contribution in [3.8, 4) is 11.8 Å². The van der Waals surface area contributed by atoms with E-state index in [9.17, 15) is 4.79 Å². The average Bonchev–Trinajstić information content (AvgIpc) is 3.62. The minimum absolute atomic E-state index is 0.335. The van der Waals surface area contributed by atoms with Gasteiger partial charge in [-0.2, -0.15) is 10.7 Å². The Hall–Kier alpha value is -3.36. The van der Waals surface area contributed by atoms with E-state index < -0.39 is 0 Å². The Balaban J connectivity index is 1.54. The summed E-state index contributed by atoms with van der Waals surface area (Å²) >= 11 is 6.53. The number of pyridine rings is 1. The highest BCUT2D eigenvalue weighted by Gasteiger charge is 2.30. The standard InChI is InChI=1S/C24H20ClN3O2/c25-21-9-10-22(30-28-24(29)19-11-13-27-14-12-19)20(23(21)18-6-7-18)8-5-16-1-3-17(15-26)4-2-16/h1-4,9-14,18H,5-8H2,(H,28,29). The fourth-order valence-corrected chi connectivity index (χ4v) is 3.79. The summed E-state index contributed by atoms with van der Waals surface area (Å²) in [5.74, 6) is 0.712. The summed E-state index contributed by atoms with van der Waals surface area (Å²) in [5.41, 5.74) is 6.90. The molecule has 1 aliphatic carbocycles. The quantitative estimate of drug-likeness (QED) is 0.549. The number of aryl methyl sites for hydroxylation is 1. The van der Waals surface area contributed by atoms with Gasteiger partial charge in [0.1, 0.15) is 0 Å². The number of nitrogens with zero attached hydrogens (tertiary/aromatic N) is 2. The number of rotatable bonds is 7. The zero-order chi connectivity index (χ0) is 20.9. The van der Waals surface area contributed by atoms with Gasteiger partial charge in [0.15, 0.2) is 5.75 Å². The SMILES string of the molecule is N#Cc1ccc(CCc2c(ONC(=O)c3ccncc3)ccc(Cl)c2C2CC2)cc1. The van der Waals surface area contributed by atoms with E-state index in [1.165, 1.54) is 0 Å². The minimum atomic E-state index is -0.335. The van der Waals surface area contributed by atoms with Crippen LogP contribution >= 0.6 is 11.6 Å². The lowest BCUT2D eigenvalue weighted by Gasteiger charge is -2.17. The van der Waals surface area contributed by atoms with Crippen LogP contribution in [0.4, 0.5) is 0 Å². The van der Waals surface area contributed by atoms with Crippen LogP contribution in [-0.4, -0.2) is 10.9 Å². The highest BCUT2D eigenvalue weighted by Crippen LogP contribution is 2.47. The lowest BCUT2D eigenvalue weighted by Crippen LogP contribution is -2.27. The van der Waals surface area contributed by atoms with E-state index in [0.29, 0.717) is 22.8 Å². The maximum absolute atomic E-state index is 12.4. The van der Waals surface area contributed by atoms with E-state index >= 15 is 0 Å². The van der Waals surface area contributed by atoms with Crippen LogP contribution in [0.25, 0.3) is 0 Å². The molecule has 0 saturated heterocycles. The van der Waals surface area contributed by atoms with Gasteiger partial charge in [-0.15, -0.1) is 0 Å². The predicted molar refractivity (Wildman–Crippen MR) is 114 cm³/mol. The molecule has 5 nitrogen and oxygen atoms in total. The van der Waals surface area contributed by atoms with E-state index in [0.717, 1.165) is 47.4 Å². The largest absolute Gasteiger partial charge is 0.379 e. The molecule has 1 amide bonds. The number of amides is 1. The first-order valence-corrected chi connectivity index (χ1v) is 10.2. The normalized spacial score (nSPS) is 12.8. The van der Waals surface area contributed by atoms with Gasteiger partial charge >= 0.3 is 0 Å². The van der Waals surface area contributed by atoms with Gasteiger partial charge in [0.25, 0.3) is 5.91 Å². The maximum atomic E-state index is 12.4. The molecule has 0 radical (unpaired) electrons. The van der Waals surface area contributed by atoms with Gasteiger partial charge in [-0.1, -0.05) is 23.7 Å². The maximum Gasteiger partial charge on any atom is 0.284 e. The molecule has 0 aliphatic heterocycles. The second kappa shape index (κ2) is 8.98. The molecule has 2 aromatic carbocycles. The van der Waals surface area contributed by atoms with Gasteiger partial charge in [0.05, 0.1) is 11.6 Å². The Labute approximate surface area is 180 Å². The van der Waals surface area contributed by atoms with E-state index in [-0.39, 0.29) is 5.91 Å².